The van der Waals surface area contributed by atoms with Crippen molar-refractivity contribution < 1.29 is 19.1 Å². The highest BCUT2D eigenvalue weighted by Gasteiger charge is 2.35. The number of halogens is 1. The Morgan fingerprint density at radius 3 is 2.24 bits per heavy atom. The molecule has 0 saturated heterocycles. The number of hydrogen-bond donors (Lipinski definition) is 1. The molecule has 0 aromatic carbocycles. The van der Waals surface area contributed by atoms with Crippen molar-refractivity contribution in [1.82, 2.24) is 4.98 Å². The van der Waals surface area contributed by atoms with Crippen molar-refractivity contribution in [3.63, 3.8) is 0 Å². The van der Waals surface area contributed by atoms with Gasteiger partial charge in [0, 0.05) is 11.8 Å². The van der Waals surface area contributed by atoms with Crippen LogP contribution in [0, 0.1) is 0 Å². The number of Topliss-reactive ketones (excluding diaryl/α,β-unsaturated/α-hetero) is 2. The lowest BCUT2D eigenvalue weighted by molar-refractivity contribution is -0.121. The minimum atomic E-state index is -0.469. The number of aromatic nitrogens is 1. The van der Waals surface area contributed by atoms with Crippen LogP contribution in [0.3, 0.4) is 0 Å². The van der Waals surface area contributed by atoms with Gasteiger partial charge in [-0.3, -0.25) is 9.59 Å². The number of nitrogens with zero attached hydrogens (tertiary/aromatic N) is 1. The number of nitrogens with one attached hydrogen (secondary N) is 1. The Hall–Kier alpha value is -2.34. The summed E-state index contributed by atoms with van der Waals surface area (Å²) in [6, 6.07) is 3.22. The predicted molar refractivity (Wildman–Crippen MR) is 76.6 cm³/mol. The van der Waals surface area contributed by atoms with Crippen LogP contribution in [0.4, 0.5) is 5.82 Å². The molecular weight excluding hydrogens is 296 g/mol. The number of carbonyl (C=O) groups is 2. The third kappa shape index (κ3) is 2.75. The van der Waals surface area contributed by atoms with Crippen LogP contribution in [0.1, 0.15) is 6.92 Å². The molecule has 0 aliphatic heterocycles. The Kier molecular flexibility index (Phi) is 4.28. The van der Waals surface area contributed by atoms with E-state index in [0.717, 1.165) is 0 Å². The Morgan fingerprint density at radius 1 is 1.10 bits per heavy atom. The smallest absolute Gasteiger partial charge is 0.248 e. The van der Waals surface area contributed by atoms with Gasteiger partial charge in [0.15, 0.2) is 0 Å². The molecule has 1 N–H and O–H groups in total. The Bertz CT molecular complexity index is 662. The standard InChI is InChI=1S/C14H13ClN2O4/c1-7-10(17-9-5-4-8(15)6-16-9)12(19)14(21-3)13(20-2)11(7)18/h4-6H,1-3H3,(H,16,17). The normalized spacial score (nSPS) is 15.4. The fourth-order valence-electron chi connectivity index (χ4n) is 1.87. The first-order valence-electron chi connectivity index (χ1n) is 6.00. The quantitative estimate of drug-likeness (QED) is 0.858. The summed E-state index contributed by atoms with van der Waals surface area (Å²) in [7, 11) is 2.62. The van der Waals surface area contributed by atoms with Crippen molar-refractivity contribution in [3.05, 3.63) is 46.1 Å². The molecule has 0 fully saturated rings. The maximum absolute atomic E-state index is 12.4. The van der Waals surface area contributed by atoms with E-state index in [1.807, 2.05) is 0 Å². The average Bonchev–Trinajstić information content (AvgIpc) is 2.49. The topological polar surface area (TPSA) is 77.5 Å². The van der Waals surface area contributed by atoms with Gasteiger partial charge in [-0.05, 0) is 19.1 Å². The molecule has 6 nitrogen and oxygen atoms in total. The molecule has 1 aliphatic rings. The van der Waals surface area contributed by atoms with E-state index in [1.165, 1.54) is 27.3 Å². The summed E-state index contributed by atoms with van der Waals surface area (Å²) in [5, 5.41) is 3.29. The molecule has 1 aromatic heterocycles. The minimum Gasteiger partial charge on any atom is -0.489 e. The van der Waals surface area contributed by atoms with Crippen LogP contribution >= 0.6 is 11.6 Å². The molecule has 0 spiro atoms. The van der Waals surface area contributed by atoms with E-state index in [2.05, 4.69) is 10.3 Å². The van der Waals surface area contributed by atoms with Gasteiger partial charge in [-0.2, -0.15) is 0 Å². The SMILES string of the molecule is COC1=C(OC)C(=O)C(Nc2ccc(Cl)cn2)=C(C)C1=O. The first kappa shape index (κ1) is 15.1. The number of carbonyl (C=O) groups excluding carboxylic acids is 2. The molecule has 1 aromatic rings. The fourth-order valence-corrected chi connectivity index (χ4v) is 1.98. The number of allylic oxidation sites excluding steroid dienone is 1. The van der Waals surface area contributed by atoms with E-state index < -0.39 is 11.6 Å². The van der Waals surface area contributed by atoms with Gasteiger partial charge in [0.1, 0.15) is 5.82 Å². The molecule has 0 saturated carbocycles. The zero-order chi connectivity index (χ0) is 15.6. The van der Waals surface area contributed by atoms with Crippen molar-refractivity contribution in [1.29, 1.82) is 0 Å². The lowest BCUT2D eigenvalue weighted by Gasteiger charge is -2.20. The molecule has 1 heterocycles. The third-order valence-corrected chi connectivity index (χ3v) is 3.17. The maximum Gasteiger partial charge on any atom is 0.248 e. The van der Waals surface area contributed by atoms with Gasteiger partial charge < -0.3 is 14.8 Å². The van der Waals surface area contributed by atoms with Gasteiger partial charge in [0.25, 0.3) is 0 Å². The lowest BCUT2D eigenvalue weighted by atomic mass is 9.98. The van der Waals surface area contributed by atoms with Gasteiger partial charge in [-0.15, -0.1) is 0 Å². The molecular formula is C14H13ClN2O4. The van der Waals surface area contributed by atoms with Gasteiger partial charge in [0.05, 0.1) is 24.9 Å². The number of anilines is 1. The molecule has 0 amide bonds. The summed E-state index contributed by atoms with van der Waals surface area (Å²) in [6.07, 6.45) is 1.43. The van der Waals surface area contributed by atoms with Crippen LogP contribution in [-0.2, 0) is 19.1 Å². The third-order valence-electron chi connectivity index (χ3n) is 2.95. The van der Waals surface area contributed by atoms with Crippen molar-refractivity contribution in [2.24, 2.45) is 0 Å². The Balaban J connectivity index is 2.39. The molecule has 110 valence electrons. The van der Waals surface area contributed by atoms with Gasteiger partial charge in [-0.1, -0.05) is 11.6 Å². The second kappa shape index (κ2) is 5.97. The number of ether oxygens (including phenoxy) is 2. The van der Waals surface area contributed by atoms with Crippen LogP contribution in [0.25, 0.3) is 0 Å². The fraction of sp³-hybridized carbons (Fsp3) is 0.214. The first-order chi connectivity index (χ1) is 9.99. The summed E-state index contributed by atoms with van der Waals surface area (Å²) in [6.45, 7) is 1.53. The lowest BCUT2D eigenvalue weighted by Crippen LogP contribution is -2.28. The van der Waals surface area contributed by atoms with Gasteiger partial charge in [0.2, 0.25) is 23.1 Å². The molecule has 0 radical (unpaired) electrons. The Labute approximate surface area is 126 Å². The Morgan fingerprint density at radius 2 is 1.71 bits per heavy atom. The van der Waals surface area contributed by atoms with Crippen molar-refractivity contribution in [2.45, 2.75) is 6.92 Å². The highest BCUT2D eigenvalue weighted by atomic mass is 35.5. The largest absolute Gasteiger partial charge is 0.489 e. The summed E-state index contributed by atoms with van der Waals surface area (Å²) in [5.41, 5.74) is 0.335. The molecule has 0 atom stereocenters. The molecule has 0 unspecified atom stereocenters. The number of ketones is 2. The zero-order valence-corrected chi connectivity index (χ0v) is 12.4. The molecule has 7 heteroatoms. The summed E-state index contributed by atoms with van der Waals surface area (Å²) < 4.78 is 9.93. The maximum atomic E-state index is 12.4. The second-order valence-electron chi connectivity index (χ2n) is 4.21. The summed E-state index contributed by atoms with van der Waals surface area (Å²) in [5.74, 6) is -0.723. The number of hydrogen-bond acceptors (Lipinski definition) is 6. The monoisotopic (exact) mass is 308 g/mol. The van der Waals surface area contributed by atoms with Crippen molar-refractivity contribution >= 4 is 29.0 Å². The molecule has 2 rings (SSSR count). The van der Waals surface area contributed by atoms with Crippen LogP contribution < -0.4 is 5.32 Å². The summed E-state index contributed by atoms with van der Waals surface area (Å²) in [4.78, 5) is 28.6. The van der Waals surface area contributed by atoms with Crippen LogP contribution in [-0.4, -0.2) is 30.8 Å². The molecule has 21 heavy (non-hydrogen) atoms. The number of pyridine rings is 1. The highest BCUT2D eigenvalue weighted by molar-refractivity contribution is 6.30. The van der Waals surface area contributed by atoms with Crippen molar-refractivity contribution in [2.75, 3.05) is 19.5 Å². The van der Waals surface area contributed by atoms with E-state index in [-0.39, 0.29) is 22.8 Å². The predicted octanol–water partition coefficient (Wildman–Crippen LogP) is 2.08. The molecule has 1 aliphatic carbocycles. The molecule has 0 bridgehead atoms. The van der Waals surface area contributed by atoms with E-state index in [0.29, 0.717) is 10.8 Å². The van der Waals surface area contributed by atoms with E-state index in [9.17, 15) is 9.59 Å². The zero-order valence-electron chi connectivity index (χ0n) is 11.7. The average molecular weight is 309 g/mol. The van der Waals surface area contributed by atoms with Gasteiger partial charge in [-0.25, -0.2) is 4.98 Å². The summed E-state index contributed by atoms with van der Waals surface area (Å²) >= 11 is 5.75. The van der Waals surface area contributed by atoms with E-state index >= 15 is 0 Å². The van der Waals surface area contributed by atoms with Crippen LogP contribution in [0.5, 0.6) is 0 Å². The second-order valence-corrected chi connectivity index (χ2v) is 4.65. The minimum absolute atomic E-state index is 0.102. The van der Waals surface area contributed by atoms with Gasteiger partial charge >= 0.3 is 0 Å². The van der Waals surface area contributed by atoms with E-state index in [4.69, 9.17) is 21.1 Å². The van der Waals surface area contributed by atoms with Crippen LogP contribution in [0.2, 0.25) is 5.02 Å². The van der Waals surface area contributed by atoms with E-state index in [1.54, 1.807) is 12.1 Å². The van der Waals surface area contributed by atoms with Crippen molar-refractivity contribution in [3.8, 4) is 0 Å². The van der Waals surface area contributed by atoms with Crippen LogP contribution in [0.15, 0.2) is 41.1 Å². The number of methoxy groups -OCH3 is 2. The number of rotatable bonds is 4. The highest BCUT2D eigenvalue weighted by Crippen LogP contribution is 2.26. The first-order valence-corrected chi connectivity index (χ1v) is 6.38.